The standard InChI is InChI=1S/C22H27NO2/c1-22(18-8-4-2-5-9-18,19-10-6-3-7-11-19)21(25)23-20-14-12-17(16-24)13-15-20/h2-11,17,20,24H,12-16H2,1H3,(H,23,25). The van der Waals surface area contributed by atoms with Gasteiger partial charge in [0.2, 0.25) is 5.91 Å². The predicted molar refractivity (Wildman–Crippen MR) is 100 cm³/mol. The topological polar surface area (TPSA) is 49.3 Å². The molecule has 1 saturated carbocycles. The molecule has 0 spiro atoms. The van der Waals surface area contributed by atoms with E-state index in [2.05, 4.69) is 5.32 Å². The molecule has 3 rings (SSSR count). The lowest BCUT2D eigenvalue weighted by Crippen LogP contribution is -2.48. The molecule has 3 nitrogen and oxygen atoms in total. The Bertz CT molecular complexity index is 636. The summed E-state index contributed by atoms with van der Waals surface area (Å²) < 4.78 is 0. The van der Waals surface area contributed by atoms with Crippen LogP contribution < -0.4 is 5.32 Å². The second-order valence-electron chi connectivity index (χ2n) is 7.23. The van der Waals surface area contributed by atoms with Crippen LogP contribution in [0.25, 0.3) is 0 Å². The third-order valence-corrected chi connectivity index (χ3v) is 5.60. The highest BCUT2D eigenvalue weighted by molar-refractivity contribution is 5.91. The Morgan fingerprint density at radius 3 is 1.88 bits per heavy atom. The van der Waals surface area contributed by atoms with Gasteiger partial charge in [-0.15, -0.1) is 0 Å². The lowest BCUT2D eigenvalue weighted by atomic mass is 9.75. The Hall–Kier alpha value is -2.13. The van der Waals surface area contributed by atoms with Crippen LogP contribution in [-0.2, 0) is 10.2 Å². The predicted octanol–water partition coefficient (Wildman–Crippen LogP) is 3.66. The average molecular weight is 337 g/mol. The second-order valence-corrected chi connectivity index (χ2v) is 7.23. The van der Waals surface area contributed by atoms with E-state index < -0.39 is 5.41 Å². The van der Waals surface area contributed by atoms with E-state index >= 15 is 0 Å². The van der Waals surface area contributed by atoms with Crippen molar-refractivity contribution in [3.63, 3.8) is 0 Å². The highest BCUT2D eigenvalue weighted by Gasteiger charge is 2.38. The van der Waals surface area contributed by atoms with Gasteiger partial charge in [0.25, 0.3) is 0 Å². The maximum absolute atomic E-state index is 13.3. The largest absolute Gasteiger partial charge is 0.396 e. The van der Waals surface area contributed by atoms with Gasteiger partial charge in [0, 0.05) is 12.6 Å². The molecule has 2 N–H and O–H groups in total. The van der Waals surface area contributed by atoms with Gasteiger partial charge in [-0.05, 0) is 49.7 Å². The summed E-state index contributed by atoms with van der Waals surface area (Å²) in [7, 11) is 0. The number of hydrogen-bond donors (Lipinski definition) is 2. The van der Waals surface area contributed by atoms with E-state index in [4.69, 9.17) is 0 Å². The van der Waals surface area contributed by atoms with E-state index in [0.29, 0.717) is 5.92 Å². The number of nitrogens with one attached hydrogen (secondary N) is 1. The van der Waals surface area contributed by atoms with Crippen LogP contribution in [0.15, 0.2) is 60.7 Å². The highest BCUT2D eigenvalue weighted by Crippen LogP contribution is 2.33. The number of carbonyl (C=O) groups is 1. The van der Waals surface area contributed by atoms with Crippen molar-refractivity contribution in [1.29, 1.82) is 0 Å². The van der Waals surface area contributed by atoms with E-state index in [1.54, 1.807) is 0 Å². The fourth-order valence-corrected chi connectivity index (χ4v) is 3.79. The van der Waals surface area contributed by atoms with Crippen molar-refractivity contribution in [3.05, 3.63) is 71.8 Å². The number of amides is 1. The molecule has 0 aromatic heterocycles. The van der Waals surface area contributed by atoms with Gasteiger partial charge in [-0.25, -0.2) is 0 Å². The second kappa shape index (κ2) is 7.83. The monoisotopic (exact) mass is 337 g/mol. The maximum Gasteiger partial charge on any atom is 0.235 e. The first kappa shape index (κ1) is 17.7. The quantitative estimate of drug-likeness (QED) is 0.875. The van der Waals surface area contributed by atoms with Gasteiger partial charge >= 0.3 is 0 Å². The van der Waals surface area contributed by atoms with Crippen LogP contribution >= 0.6 is 0 Å². The molecule has 0 bridgehead atoms. The minimum atomic E-state index is -0.712. The summed E-state index contributed by atoms with van der Waals surface area (Å²) in [5, 5.41) is 12.6. The van der Waals surface area contributed by atoms with Crippen LogP contribution in [0.3, 0.4) is 0 Å². The lowest BCUT2D eigenvalue weighted by molar-refractivity contribution is -0.125. The fraction of sp³-hybridized carbons (Fsp3) is 0.409. The first-order chi connectivity index (χ1) is 12.1. The molecular formula is C22H27NO2. The smallest absolute Gasteiger partial charge is 0.235 e. The molecule has 0 atom stereocenters. The van der Waals surface area contributed by atoms with E-state index in [0.717, 1.165) is 36.8 Å². The van der Waals surface area contributed by atoms with Crippen LogP contribution in [0.1, 0.15) is 43.7 Å². The molecule has 1 aliphatic carbocycles. The van der Waals surface area contributed by atoms with E-state index in [-0.39, 0.29) is 18.6 Å². The molecule has 0 saturated heterocycles. The summed E-state index contributed by atoms with van der Waals surface area (Å²) in [5.74, 6) is 0.445. The molecule has 132 valence electrons. The van der Waals surface area contributed by atoms with E-state index in [1.165, 1.54) is 0 Å². The van der Waals surface area contributed by atoms with Gasteiger partial charge in [-0.1, -0.05) is 60.7 Å². The number of carbonyl (C=O) groups excluding carboxylic acids is 1. The number of hydrogen-bond acceptors (Lipinski definition) is 2. The average Bonchev–Trinajstić information content (AvgIpc) is 2.69. The Labute approximate surface area is 150 Å². The number of benzene rings is 2. The summed E-state index contributed by atoms with van der Waals surface area (Å²) in [5.41, 5.74) is 1.29. The molecular weight excluding hydrogens is 310 g/mol. The molecule has 0 aliphatic heterocycles. The molecule has 1 fully saturated rings. The number of rotatable bonds is 5. The summed E-state index contributed by atoms with van der Waals surface area (Å²) in [6.45, 7) is 2.26. The van der Waals surface area contributed by atoms with Crippen molar-refractivity contribution < 1.29 is 9.90 Å². The first-order valence-corrected chi connectivity index (χ1v) is 9.17. The van der Waals surface area contributed by atoms with Crippen LogP contribution in [0.4, 0.5) is 0 Å². The van der Waals surface area contributed by atoms with Crippen molar-refractivity contribution in [2.75, 3.05) is 6.61 Å². The summed E-state index contributed by atoms with van der Waals surface area (Å²) >= 11 is 0. The summed E-state index contributed by atoms with van der Waals surface area (Å²) in [6.07, 6.45) is 3.84. The number of aliphatic hydroxyl groups excluding tert-OH is 1. The molecule has 1 amide bonds. The maximum atomic E-state index is 13.3. The van der Waals surface area contributed by atoms with Crippen LogP contribution in [0, 0.1) is 5.92 Å². The van der Waals surface area contributed by atoms with Crippen molar-refractivity contribution in [2.45, 2.75) is 44.1 Å². The Morgan fingerprint density at radius 2 is 1.44 bits per heavy atom. The van der Waals surface area contributed by atoms with Gasteiger partial charge in [0.05, 0.1) is 5.41 Å². The molecule has 2 aromatic carbocycles. The van der Waals surface area contributed by atoms with Gasteiger partial charge < -0.3 is 10.4 Å². The Balaban J connectivity index is 1.84. The highest BCUT2D eigenvalue weighted by atomic mass is 16.3. The van der Waals surface area contributed by atoms with Crippen LogP contribution in [0.5, 0.6) is 0 Å². The molecule has 0 heterocycles. The molecule has 3 heteroatoms. The van der Waals surface area contributed by atoms with Crippen molar-refractivity contribution in [2.24, 2.45) is 5.92 Å². The zero-order chi connectivity index (χ0) is 17.7. The van der Waals surface area contributed by atoms with Gasteiger partial charge in [0.1, 0.15) is 0 Å². The van der Waals surface area contributed by atoms with Gasteiger partial charge in [-0.2, -0.15) is 0 Å². The Morgan fingerprint density at radius 1 is 0.960 bits per heavy atom. The summed E-state index contributed by atoms with van der Waals surface area (Å²) in [6, 6.07) is 20.2. The van der Waals surface area contributed by atoms with Crippen molar-refractivity contribution in [3.8, 4) is 0 Å². The molecule has 0 unspecified atom stereocenters. The molecule has 0 radical (unpaired) electrons. The summed E-state index contributed by atoms with van der Waals surface area (Å²) in [4.78, 5) is 13.3. The number of aliphatic hydroxyl groups is 1. The van der Waals surface area contributed by atoms with Crippen molar-refractivity contribution >= 4 is 5.91 Å². The molecule has 25 heavy (non-hydrogen) atoms. The minimum absolute atomic E-state index is 0.0531. The SMILES string of the molecule is CC(C(=O)NC1CCC(CO)CC1)(c1ccccc1)c1ccccc1. The van der Waals surface area contributed by atoms with Gasteiger partial charge in [-0.3, -0.25) is 4.79 Å². The third kappa shape index (κ3) is 3.77. The lowest BCUT2D eigenvalue weighted by Gasteiger charge is -2.34. The fourth-order valence-electron chi connectivity index (χ4n) is 3.79. The van der Waals surface area contributed by atoms with E-state index in [9.17, 15) is 9.90 Å². The van der Waals surface area contributed by atoms with Crippen LogP contribution in [0.2, 0.25) is 0 Å². The molecule has 2 aromatic rings. The Kier molecular flexibility index (Phi) is 5.54. The molecule has 1 aliphatic rings. The zero-order valence-corrected chi connectivity index (χ0v) is 14.8. The zero-order valence-electron chi connectivity index (χ0n) is 14.8. The third-order valence-electron chi connectivity index (χ3n) is 5.60. The van der Waals surface area contributed by atoms with Crippen molar-refractivity contribution in [1.82, 2.24) is 5.32 Å². The first-order valence-electron chi connectivity index (χ1n) is 9.17. The minimum Gasteiger partial charge on any atom is -0.396 e. The van der Waals surface area contributed by atoms with E-state index in [1.807, 2.05) is 67.6 Å². The van der Waals surface area contributed by atoms with Gasteiger partial charge in [0.15, 0.2) is 0 Å². The van der Waals surface area contributed by atoms with Crippen LogP contribution in [-0.4, -0.2) is 23.7 Å². The normalized spacial score (nSPS) is 20.9.